The molecule has 0 aromatic carbocycles. The van der Waals surface area contributed by atoms with E-state index in [0.717, 1.165) is 6.54 Å². The average Bonchev–Trinajstić information content (AvgIpc) is 2.25. The van der Waals surface area contributed by atoms with Crippen LogP contribution in [0.4, 0.5) is 0 Å². The smallest absolute Gasteiger partial charge is 0.323 e. The molecule has 1 aliphatic heterocycles. The summed E-state index contributed by atoms with van der Waals surface area (Å²) in [6.45, 7) is 8.79. The number of carbonyl (C=O) groups excluding carboxylic acids is 1. The van der Waals surface area contributed by atoms with Gasteiger partial charge in [-0.3, -0.25) is 14.5 Å². The molecule has 0 aromatic rings. The van der Waals surface area contributed by atoms with Crippen LogP contribution in [-0.4, -0.2) is 46.7 Å². The van der Waals surface area contributed by atoms with E-state index in [0.29, 0.717) is 19.4 Å². The Balaban J connectivity index is 2.74. The maximum Gasteiger partial charge on any atom is 0.323 e. The molecule has 1 fully saturated rings. The standard InChI is InChI=1S/C13H23NO4/c1-5-14-7-6-9(11(15)16)8-10(14)12(17)18-13(2,3)4/h9-10H,5-8H2,1-4H3,(H,15,16). The van der Waals surface area contributed by atoms with Crippen molar-refractivity contribution in [1.82, 2.24) is 4.90 Å². The van der Waals surface area contributed by atoms with Gasteiger partial charge in [-0.1, -0.05) is 6.92 Å². The number of nitrogens with zero attached hydrogens (tertiary/aromatic N) is 1. The number of rotatable bonds is 3. The van der Waals surface area contributed by atoms with Crippen molar-refractivity contribution in [3.05, 3.63) is 0 Å². The molecule has 0 aromatic heterocycles. The number of piperidine rings is 1. The van der Waals surface area contributed by atoms with E-state index in [2.05, 4.69) is 0 Å². The maximum atomic E-state index is 12.1. The number of likely N-dealkylation sites (tertiary alicyclic amines) is 1. The Labute approximate surface area is 108 Å². The molecule has 0 radical (unpaired) electrons. The van der Waals surface area contributed by atoms with Crippen LogP contribution >= 0.6 is 0 Å². The first-order chi connectivity index (χ1) is 8.24. The van der Waals surface area contributed by atoms with Crippen LogP contribution in [0.25, 0.3) is 0 Å². The third-order valence-electron chi connectivity index (χ3n) is 3.15. The molecule has 2 unspecified atom stereocenters. The van der Waals surface area contributed by atoms with Crippen LogP contribution in [0.5, 0.6) is 0 Å². The largest absolute Gasteiger partial charge is 0.481 e. The third kappa shape index (κ3) is 3.98. The highest BCUT2D eigenvalue weighted by molar-refractivity contribution is 5.78. The Morgan fingerprint density at radius 2 is 2.00 bits per heavy atom. The highest BCUT2D eigenvalue weighted by atomic mass is 16.6. The van der Waals surface area contributed by atoms with Gasteiger partial charge >= 0.3 is 11.9 Å². The number of carbonyl (C=O) groups is 2. The molecule has 1 N–H and O–H groups in total. The number of esters is 1. The molecule has 2 atom stereocenters. The van der Waals surface area contributed by atoms with E-state index in [-0.39, 0.29) is 5.97 Å². The van der Waals surface area contributed by atoms with Crippen molar-refractivity contribution in [2.45, 2.75) is 52.2 Å². The van der Waals surface area contributed by atoms with Crippen molar-refractivity contribution in [3.63, 3.8) is 0 Å². The van der Waals surface area contributed by atoms with E-state index in [1.165, 1.54) is 0 Å². The monoisotopic (exact) mass is 257 g/mol. The first kappa shape index (κ1) is 15.0. The topological polar surface area (TPSA) is 66.8 Å². The Bertz CT molecular complexity index is 321. The summed E-state index contributed by atoms with van der Waals surface area (Å²) in [6.07, 6.45) is 0.945. The lowest BCUT2D eigenvalue weighted by atomic mass is 9.91. The number of carboxylic acids is 1. The average molecular weight is 257 g/mol. The first-order valence-corrected chi connectivity index (χ1v) is 6.44. The van der Waals surface area contributed by atoms with Crippen LogP contribution < -0.4 is 0 Å². The van der Waals surface area contributed by atoms with Crippen LogP contribution in [0.1, 0.15) is 40.5 Å². The van der Waals surface area contributed by atoms with Gasteiger partial charge in [0.1, 0.15) is 11.6 Å². The Kier molecular flexibility index (Phi) is 4.73. The van der Waals surface area contributed by atoms with Gasteiger partial charge in [0.25, 0.3) is 0 Å². The van der Waals surface area contributed by atoms with Gasteiger partial charge in [-0.15, -0.1) is 0 Å². The summed E-state index contributed by atoms with van der Waals surface area (Å²) in [6, 6.07) is -0.427. The molecule has 104 valence electrons. The highest BCUT2D eigenvalue weighted by Crippen LogP contribution is 2.25. The lowest BCUT2D eigenvalue weighted by molar-refractivity contribution is -0.164. The Morgan fingerprint density at radius 1 is 1.39 bits per heavy atom. The zero-order valence-corrected chi connectivity index (χ0v) is 11.6. The summed E-state index contributed by atoms with van der Waals surface area (Å²) in [5, 5.41) is 9.06. The second kappa shape index (κ2) is 5.69. The van der Waals surface area contributed by atoms with Gasteiger partial charge in [-0.25, -0.2) is 0 Å². The van der Waals surface area contributed by atoms with Gasteiger partial charge in [0, 0.05) is 0 Å². The number of carboxylic acid groups (broad SMARTS) is 1. The fourth-order valence-electron chi connectivity index (χ4n) is 2.23. The summed E-state index contributed by atoms with van der Waals surface area (Å²) in [7, 11) is 0. The van der Waals surface area contributed by atoms with Crippen molar-refractivity contribution in [2.75, 3.05) is 13.1 Å². The minimum atomic E-state index is -0.820. The molecule has 1 rings (SSSR count). The predicted octanol–water partition coefficient (Wildman–Crippen LogP) is 1.51. The van der Waals surface area contributed by atoms with E-state index in [1.807, 2.05) is 32.6 Å². The van der Waals surface area contributed by atoms with Crippen molar-refractivity contribution >= 4 is 11.9 Å². The third-order valence-corrected chi connectivity index (χ3v) is 3.15. The first-order valence-electron chi connectivity index (χ1n) is 6.44. The van der Waals surface area contributed by atoms with Gasteiger partial charge in [0.15, 0.2) is 0 Å². The fraction of sp³-hybridized carbons (Fsp3) is 0.846. The van der Waals surface area contributed by atoms with Crippen LogP contribution in [0.2, 0.25) is 0 Å². The van der Waals surface area contributed by atoms with Crippen molar-refractivity contribution in [3.8, 4) is 0 Å². The molecular weight excluding hydrogens is 234 g/mol. The predicted molar refractivity (Wildman–Crippen MR) is 67.2 cm³/mol. The minimum absolute atomic E-state index is 0.310. The molecule has 1 saturated heterocycles. The van der Waals surface area contributed by atoms with Crippen LogP contribution in [0, 0.1) is 5.92 Å². The number of likely N-dealkylation sites (N-methyl/N-ethyl adjacent to an activating group) is 1. The molecular formula is C13H23NO4. The number of aliphatic carboxylic acids is 1. The molecule has 1 aliphatic rings. The number of hydrogen-bond donors (Lipinski definition) is 1. The molecule has 1 heterocycles. The molecule has 18 heavy (non-hydrogen) atoms. The Morgan fingerprint density at radius 3 is 2.44 bits per heavy atom. The van der Waals surface area contributed by atoms with E-state index in [1.54, 1.807) is 0 Å². The summed E-state index contributed by atoms with van der Waals surface area (Å²) < 4.78 is 5.36. The number of ether oxygens (including phenoxy) is 1. The van der Waals surface area contributed by atoms with Gasteiger partial charge in [-0.05, 0) is 46.7 Å². The van der Waals surface area contributed by atoms with Gasteiger partial charge < -0.3 is 9.84 Å². The zero-order chi connectivity index (χ0) is 13.9. The summed E-state index contributed by atoms with van der Waals surface area (Å²) in [5.41, 5.74) is -0.535. The molecule has 5 heteroatoms. The summed E-state index contributed by atoms with van der Waals surface area (Å²) >= 11 is 0. The van der Waals surface area contributed by atoms with Gasteiger partial charge in [-0.2, -0.15) is 0 Å². The quantitative estimate of drug-likeness (QED) is 0.776. The van der Waals surface area contributed by atoms with Crippen molar-refractivity contribution < 1.29 is 19.4 Å². The molecule has 0 saturated carbocycles. The lowest BCUT2D eigenvalue weighted by Crippen LogP contribution is -2.50. The molecule has 0 spiro atoms. The van der Waals surface area contributed by atoms with Crippen LogP contribution in [0.3, 0.4) is 0 Å². The van der Waals surface area contributed by atoms with E-state index < -0.39 is 23.5 Å². The second-order valence-corrected chi connectivity index (χ2v) is 5.74. The highest BCUT2D eigenvalue weighted by Gasteiger charge is 2.37. The number of hydrogen-bond acceptors (Lipinski definition) is 4. The maximum absolute atomic E-state index is 12.1. The SMILES string of the molecule is CCN1CCC(C(=O)O)CC1C(=O)OC(C)(C)C. The minimum Gasteiger partial charge on any atom is -0.481 e. The van der Waals surface area contributed by atoms with Crippen molar-refractivity contribution in [2.24, 2.45) is 5.92 Å². The normalized spacial score (nSPS) is 25.8. The molecule has 0 aliphatic carbocycles. The van der Waals surface area contributed by atoms with Gasteiger partial charge in [0.05, 0.1) is 5.92 Å². The summed E-state index contributed by atoms with van der Waals surface area (Å²) in [5.74, 6) is -1.57. The van der Waals surface area contributed by atoms with Crippen molar-refractivity contribution in [1.29, 1.82) is 0 Å². The van der Waals surface area contributed by atoms with E-state index in [9.17, 15) is 9.59 Å². The summed E-state index contributed by atoms with van der Waals surface area (Å²) in [4.78, 5) is 25.1. The van der Waals surface area contributed by atoms with Crippen LogP contribution in [-0.2, 0) is 14.3 Å². The van der Waals surface area contributed by atoms with Gasteiger partial charge in [0.2, 0.25) is 0 Å². The van der Waals surface area contributed by atoms with E-state index >= 15 is 0 Å². The molecule has 0 bridgehead atoms. The lowest BCUT2D eigenvalue weighted by Gasteiger charge is -2.37. The van der Waals surface area contributed by atoms with E-state index in [4.69, 9.17) is 9.84 Å². The molecule has 5 nitrogen and oxygen atoms in total. The Hall–Kier alpha value is -1.10. The second-order valence-electron chi connectivity index (χ2n) is 5.74. The molecule has 0 amide bonds. The fourth-order valence-corrected chi connectivity index (χ4v) is 2.23. The van der Waals surface area contributed by atoms with Crippen LogP contribution in [0.15, 0.2) is 0 Å². The zero-order valence-electron chi connectivity index (χ0n) is 11.6.